The fourth-order valence-corrected chi connectivity index (χ4v) is 3.14. The third kappa shape index (κ3) is 5.39. The van der Waals surface area contributed by atoms with Crippen molar-refractivity contribution in [3.63, 3.8) is 0 Å². The van der Waals surface area contributed by atoms with E-state index in [1.807, 2.05) is 0 Å². The van der Waals surface area contributed by atoms with Crippen LogP contribution >= 0.6 is 0 Å². The van der Waals surface area contributed by atoms with Gasteiger partial charge in [-0.2, -0.15) is 0 Å². The predicted octanol–water partition coefficient (Wildman–Crippen LogP) is 3.06. The summed E-state index contributed by atoms with van der Waals surface area (Å²) in [4.78, 5) is 0. The Morgan fingerprint density at radius 2 is 1.76 bits per heavy atom. The van der Waals surface area contributed by atoms with Crippen LogP contribution in [-0.4, -0.2) is 24.3 Å². The summed E-state index contributed by atoms with van der Waals surface area (Å²) in [5.74, 6) is 2.96. The standard InChI is InChI=1S/C15H31NO/c1-11(2)15(12(3)4)10-16-9-13-6-5-7-14(17)8-13/h11-17H,5-10H2,1-4H3. The van der Waals surface area contributed by atoms with Crippen molar-refractivity contribution >= 4 is 0 Å². The van der Waals surface area contributed by atoms with Crippen molar-refractivity contribution in [3.8, 4) is 0 Å². The molecule has 1 aliphatic carbocycles. The van der Waals surface area contributed by atoms with Crippen molar-refractivity contribution in [2.75, 3.05) is 13.1 Å². The monoisotopic (exact) mass is 241 g/mol. The Labute approximate surface area is 107 Å². The summed E-state index contributed by atoms with van der Waals surface area (Å²) in [5.41, 5.74) is 0. The first-order chi connectivity index (χ1) is 8.00. The Bertz CT molecular complexity index is 195. The molecule has 2 atom stereocenters. The summed E-state index contributed by atoms with van der Waals surface area (Å²) < 4.78 is 0. The van der Waals surface area contributed by atoms with Crippen LogP contribution in [0.3, 0.4) is 0 Å². The second kappa shape index (κ2) is 7.38. The Kier molecular flexibility index (Phi) is 6.50. The lowest BCUT2D eigenvalue weighted by molar-refractivity contribution is 0.0996. The maximum absolute atomic E-state index is 9.64. The van der Waals surface area contributed by atoms with Gasteiger partial charge in [-0.25, -0.2) is 0 Å². The highest BCUT2D eigenvalue weighted by Crippen LogP contribution is 2.24. The molecule has 0 aromatic heterocycles. The number of aliphatic hydroxyl groups is 1. The normalized spacial score (nSPS) is 26.1. The van der Waals surface area contributed by atoms with Crippen molar-refractivity contribution in [1.82, 2.24) is 5.32 Å². The molecule has 0 radical (unpaired) electrons. The minimum absolute atomic E-state index is 0.0402. The van der Waals surface area contributed by atoms with Crippen LogP contribution in [0.15, 0.2) is 0 Å². The molecule has 0 saturated heterocycles. The van der Waals surface area contributed by atoms with E-state index in [2.05, 4.69) is 33.0 Å². The number of nitrogens with one attached hydrogen (secondary N) is 1. The molecule has 102 valence electrons. The van der Waals surface area contributed by atoms with Crippen LogP contribution in [0.5, 0.6) is 0 Å². The quantitative estimate of drug-likeness (QED) is 0.749. The molecule has 0 aliphatic heterocycles. The van der Waals surface area contributed by atoms with E-state index in [0.717, 1.165) is 43.7 Å². The number of aliphatic hydroxyl groups excluding tert-OH is 1. The zero-order chi connectivity index (χ0) is 12.8. The summed E-state index contributed by atoms with van der Waals surface area (Å²) in [7, 11) is 0. The molecule has 0 amide bonds. The molecule has 2 nitrogen and oxygen atoms in total. The maximum atomic E-state index is 9.64. The topological polar surface area (TPSA) is 32.3 Å². The number of hydrogen-bond donors (Lipinski definition) is 2. The Morgan fingerprint density at radius 1 is 1.12 bits per heavy atom. The van der Waals surface area contributed by atoms with Crippen LogP contribution in [0, 0.1) is 23.7 Å². The van der Waals surface area contributed by atoms with Crippen molar-refractivity contribution < 1.29 is 5.11 Å². The van der Waals surface area contributed by atoms with Crippen LogP contribution in [0.25, 0.3) is 0 Å². The highest BCUT2D eigenvalue weighted by Gasteiger charge is 2.21. The van der Waals surface area contributed by atoms with E-state index < -0.39 is 0 Å². The molecule has 0 bridgehead atoms. The summed E-state index contributed by atoms with van der Waals surface area (Å²) in [6.07, 6.45) is 4.46. The zero-order valence-corrected chi connectivity index (χ0v) is 12.1. The second-order valence-corrected chi connectivity index (χ2v) is 6.50. The van der Waals surface area contributed by atoms with Gasteiger partial charge in [0.2, 0.25) is 0 Å². The van der Waals surface area contributed by atoms with Crippen LogP contribution in [0.1, 0.15) is 53.4 Å². The van der Waals surface area contributed by atoms with E-state index in [0.29, 0.717) is 5.92 Å². The average Bonchev–Trinajstić information content (AvgIpc) is 2.23. The predicted molar refractivity (Wildman–Crippen MR) is 74.0 cm³/mol. The highest BCUT2D eigenvalue weighted by atomic mass is 16.3. The van der Waals surface area contributed by atoms with E-state index in [1.54, 1.807) is 0 Å². The minimum Gasteiger partial charge on any atom is -0.393 e. The van der Waals surface area contributed by atoms with Crippen LogP contribution in [0.4, 0.5) is 0 Å². The van der Waals surface area contributed by atoms with E-state index in [9.17, 15) is 5.11 Å². The molecule has 0 aromatic carbocycles. The second-order valence-electron chi connectivity index (χ2n) is 6.50. The minimum atomic E-state index is -0.0402. The first-order valence-electron chi connectivity index (χ1n) is 7.39. The number of rotatable bonds is 6. The van der Waals surface area contributed by atoms with Crippen LogP contribution < -0.4 is 5.32 Å². The molecule has 17 heavy (non-hydrogen) atoms. The van der Waals surface area contributed by atoms with Crippen molar-refractivity contribution in [1.29, 1.82) is 0 Å². The molecule has 2 heteroatoms. The summed E-state index contributed by atoms with van der Waals surface area (Å²) in [5, 5.41) is 13.3. The molecular weight excluding hydrogens is 210 g/mol. The number of hydrogen-bond acceptors (Lipinski definition) is 2. The van der Waals surface area contributed by atoms with Gasteiger partial charge in [0.1, 0.15) is 0 Å². The van der Waals surface area contributed by atoms with Gasteiger partial charge in [0.15, 0.2) is 0 Å². The van der Waals surface area contributed by atoms with Gasteiger partial charge >= 0.3 is 0 Å². The Balaban J connectivity index is 2.21. The maximum Gasteiger partial charge on any atom is 0.0543 e. The Morgan fingerprint density at radius 3 is 2.29 bits per heavy atom. The molecule has 2 N–H and O–H groups in total. The molecule has 0 spiro atoms. The molecule has 1 fully saturated rings. The van der Waals surface area contributed by atoms with Gasteiger partial charge in [0.25, 0.3) is 0 Å². The lowest BCUT2D eigenvalue weighted by atomic mass is 9.84. The first-order valence-corrected chi connectivity index (χ1v) is 7.39. The summed E-state index contributed by atoms with van der Waals surface area (Å²) in [6.45, 7) is 11.5. The van der Waals surface area contributed by atoms with Crippen molar-refractivity contribution in [2.24, 2.45) is 23.7 Å². The molecule has 1 rings (SSSR count). The third-order valence-electron chi connectivity index (χ3n) is 4.28. The van der Waals surface area contributed by atoms with Crippen LogP contribution in [0.2, 0.25) is 0 Å². The largest absolute Gasteiger partial charge is 0.393 e. The van der Waals surface area contributed by atoms with Gasteiger partial charge in [-0.05, 0) is 56.0 Å². The molecular formula is C15H31NO. The smallest absolute Gasteiger partial charge is 0.0543 e. The molecule has 0 aromatic rings. The lowest BCUT2D eigenvalue weighted by Crippen LogP contribution is -2.35. The first kappa shape index (κ1) is 15.0. The SMILES string of the molecule is CC(C)C(CNCC1CCCC(O)C1)C(C)C. The van der Waals surface area contributed by atoms with Gasteiger partial charge < -0.3 is 10.4 Å². The average molecular weight is 241 g/mol. The molecule has 1 saturated carbocycles. The lowest BCUT2D eigenvalue weighted by Gasteiger charge is -2.29. The fraction of sp³-hybridized carbons (Fsp3) is 1.00. The van der Waals surface area contributed by atoms with E-state index in [1.165, 1.54) is 12.8 Å². The van der Waals surface area contributed by atoms with Gasteiger partial charge in [0, 0.05) is 0 Å². The zero-order valence-electron chi connectivity index (χ0n) is 12.1. The summed E-state index contributed by atoms with van der Waals surface area (Å²) in [6, 6.07) is 0. The van der Waals surface area contributed by atoms with Gasteiger partial charge in [-0.3, -0.25) is 0 Å². The fourth-order valence-electron chi connectivity index (χ4n) is 3.14. The molecule has 1 aliphatic rings. The van der Waals surface area contributed by atoms with Gasteiger partial charge in [-0.1, -0.05) is 34.1 Å². The van der Waals surface area contributed by atoms with E-state index in [-0.39, 0.29) is 6.10 Å². The Hall–Kier alpha value is -0.0800. The highest BCUT2D eigenvalue weighted by molar-refractivity contribution is 4.75. The van der Waals surface area contributed by atoms with Crippen molar-refractivity contribution in [2.45, 2.75) is 59.5 Å². The van der Waals surface area contributed by atoms with Gasteiger partial charge in [-0.15, -0.1) is 0 Å². The van der Waals surface area contributed by atoms with Gasteiger partial charge in [0.05, 0.1) is 6.10 Å². The van der Waals surface area contributed by atoms with Crippen molar-refractivity contribution in [3.05, 3.63) is 0 Å². The molecule has 2 unspecified atom stereocenters. The van der Waals surface area contributed by atoms with E-state index in [4.69, 9.17) is 0 Å². The third-order valence-corrected chi connectivity index (χ3v) is 4.28. The summed E-state index contributed by atoms with van der Waals surface area (Å²) >= 11 is 0. The van der Waals surface area contributed by atoms with Crippen LogP contribution in [-0.2, 0) is 0 Å². The van der Waals surface area contributed by atoms with E-state index >= 15 is 0 Å². The molecule has 0 heterocycles.